The van der Waals surface area contributed by atoms with Gasteiger partial charge in [0.15, 0.2) is 16.5 Å². The van der Waals surface area contributed by atoms with Crippen LogP contribution in [-0.4, -0.2) is 29.2 Å². The third-order valence-electron chi connectivity index (χ3n) is 6.39. The van der Waals surface area contributed by atoms with Gasteiger partial charge in [-0.05, 0) is 61.5 Å². The smallest absolute Gasteiger partial charge is 0.267 e. The van der Waals surface area contributed by atoms with Gasteiger partial charge in [-0.3, -0.25) is 9.52 Å². The van der Waals surface area contributed by atoms with Crippen LogP contribution in [0.2, 0.25) is 0 Å². The lowest BCUT2D eigenvalue weighted by molar-refractivity contribution is 0.101. The Hall–Kier alpha value is -4.62. The Morgan fingerprint density at radius 3 is 2.18 bits per heavy atom. The molecule has 2 heterocycles. The molecule has 0 unspecified atom stereocenters. The van der Waals surface area contributed by atoms with Crippen LogP contribution in [0.3, 0.4) is 0 Å². The number of carbonyl (C=O) groups excluding carboxylic acids is 1. The molecule has 2 N–H and O–H groups in total. The minimum absolute atomic E-state index is 0.0473. The molecular formula is C31H26F3N5O3S2. The van der Waals surface area contributed by atoms with E-state index in [1.807, 2.05) is 25.5 Å². The van der Waals surface area contributed by atoms with E-state index in [2.05, 4.69) is 15.3 Å². The second-order valence-electron chi connectivity index (χ2n) is 10.8. The summed E-state index contributed by atoms with van der Waals surface area (Å²) in [4.78, 5) is 24.5. The van der Waals surface area contributed by atoms with Crippen LogP contribution in [0.25, 0.3) is 21.8 Å². The number of nitrogens with zero attached hydrogens (tertiary/aromatic N) is 3. The highest BCUT2D eigenvalue weighted by molar-refractivity contribution is 7.92. The summed E-state index contributed by atoms with van der Waals surface area (Å²) >= 11 is 1.29. The van der Waals surface area contributed by atoms with Gasteiger partial charge in [-0.1, -0.05) is 32.9 Å². The summed E-state index contributed by atoms with van der Waals surface area (Å²) in [7, 11) is -4.82. The molecule has 0 aliphatic carbocycles. The summed E-state index contributed by atoms with van der Waals surface area (Å²) in [6.07, 6.45) is 1.53. The molecule has 0 atom stereocenters. The normalized spacial score (nSPS) is 11.8. The van der Waals surface area contributed by atoms with Crippen molar-refractivity contribution in [2.45, 2.75) is 38.0 Å². The van der Waals surface area contributed by atoms with Gasteiger partial charge < -0.3 is 5.32 Å². The molecule has 44 heavy (non-hydrogen) atoms. The summed E-state index contributed by atoms with van der Waals surface area (Å²) in [5.41, 5.74) is 0.830. The van der Waals surface area contributed by atoms with Crippen molar-refractivity contribution in [3.05, 3.63) is 101 Å². The summed E-state index contributed by atoms with van der Waals surface area (Å²) in [6, 6.07) is 15.0. The van der Waals surface area contributed by atoms with Crippen molar-refractivity contribution in [1.82, 2.24) is 15.0 Å². The average molecular weight is 638 g/mol. The zero-order chi connectivity index (χ0) is 31.8. The van der Waals surface area contributed by atoms with E-state index in [1.165, 1.54) is 36.6 Å². The molecule has 0 aliphatic heterocycles. The maximum atomic E-state index is 16.0. The summed E-state index contributed by atoms with van der Waals surface area (Å²) < 4.78 is 72.4. The summed E-state index contributed by atoms with van der Waals surface area (Å²) in [5, 5.41) is 3.75. The van der Waals surface area contributed by atoms with Gasteiger partial charge in [-0.25, -0.2) is 36.5 Å². The SMILES string of the molecule is CC(=O)c1ccc(Nc2nccc(-c3sc(C(C)(C)C)nc3-c3cccc(NS(=O)(=O)c4c(F)cccc4F)c3F)n2)cc1. The van der Waals surface area contributed by atoms with Crippen LogP contribution in [0.1, 0.15) is 43.1 Å². The highest BCUT2D eigenvalue weighted by Crippen LogP contribution is 2.42. The number of thiazole rings is 1. The fourth-order valence-corrected chi connectivity index (χ4v) is 6.49. The summed E-state index contributed by atoms with van der Waals surface area (Å²) in [5.74, 6) is -3.44. The van der Waals surface area contributed by atoms with E-state index in [0.29, 0.717) is 26.8 Å². The van der Waals surface area contributed by atoms with E-state index >= 15 is 4.39 Å². The van der Waals surface area contributed by atoms with E-state index < -0.39 is 43.5 Å². The van der Waals surface area contributed by atoms with Crippen molar-refractivity contribution in [2.24, 2.45) is 0 Å². The van der Waals surface area contributed by atoms with Gasteiger partial charge in [-0.2, -0.15) is 0 Å². The zero-order valence-electron chi connectivity index (χ0n) is 23.9. The third-order valence-corrected chi connectivity index (χ3v) is 9.31. The number of carbonyl (C=O) groups is 1. The second kappa shape index (κ2) is 11.8. The van der Waals surface area contributed by atoms with Crippen molar-refractivity contribution >= 4 is 44.5 Å². The quantitative estimate of drug-likeness (QED) is 0.167. The fourth-order valence-electron chi connectivity index (χ4n) is 4.19. The second-order valence-corrected chi connectivity index (χ2v) is 13.4. The molecule has 0 saturated carbocycles. The molecule has 5 aromatic rings. The number of benzene rings is 3. The van der Waals surface area contributed by atoms with E-state index in [4.69, 9.17) is 4.98 Å². The van der Waals surface area contributed by atoms with Crippen molar-refractivity contribution in [2.75, 3.05) is 10.0 Å². The fraction of sp³-hybridized carbons (Fsp3) is 0.161. The number of hydrogen-bond acceptors (Lipinski definition) is 8. The van der Waals surface area contributed by atoms with E-state index in [1.54, 1.807) is 30.3 Å². The predicted octanol–water partition coefficient (Wildman–Crippen LogP) is 7.73. The number of Topliss-reactive ketones (excluding diaryl/α,β-unsaturated/α-hetero) is 1. The third kappa shape index (κ3) is 6.33. The molecule has 3 aromatic carbocycles. The number of anilines is 3. The predicted molar refractivity (Wildman–Crippen MR) is 164 cm³/mol. The number of halogens is 3. The molecule has 0 saturated heterocycles. The molecule has 0 fully saturated rings. The number of hydrogen-bond donors (Lipinski definition) is 2. The van der Waals surface area contributed by atoms with Crippen molar-refractivity contribution < 1.29 is 26.4 Å². The first kappa shape index (κ1) is 30.8. The topological polar surface area (TPSA) is 114 Å². The molecular weight excluding hydrogens is 612 g/mol. The van der Waals surface area contributed by atoms with E-state index in [-0.39, 0.29) is 23.0 Å². The molecule has 226 valence electrons. The number of aromatic nitrogens is 3. The Morgan fingerprint density at radius 2 is 1.55 bits per heavy atom. The molecule has 8 nitrogen and oxygen atoms in total. The molecule has 2 aromatic heterocycles. The van der Waals surface area contributed by atoms with Gasteiger partial charge in [0.25, 0.3) is 10.0 Å². The van der Waals surface area contributed by atoms with Crippen LogP contribution in [-0.2, 0) is 15.4 Å². The number of nitrogens with one attached hydrogen (secondary N) is 2. The Morgan fingerprint density at radius 1 is 0.886 bits per heavy atom. The molecule has 0 bridgehead atoms. The van der Waals surface area contributed by atoms with Gasteiger partial charge in [0.05, 0.1) is 27.0 Å². The van der Waals surface area contributed by atoms with Crippen molar-refractivity contribution in [3.8, 4) is 21.8 Å². The highest BCUT2D eigenvalue weighted by Gasteiger charge is 2.28. The highest BCUT2D eigenvalue weighted by atomic mass is 32.2. The monoisotopic (exact) mass is 637 g/mol. The average Bonchev–Trinajstić information content (AvgIpc) is 3.40. The van der Waals surface area contributed by atoms with Crippen molar-refractivity contribution in [3.63, 3.8) is 0 Å². The first-order valence-corrected chi connectivity index (χ1v) is 15.5. The first-order valence-electron chi connectivity index (χ1n) is 13.2. The van der Waals surface area contributed by atoms with E-state index in [0.717, 1.165) is 24.3 Å². The van der Waals surface area contributed by atoms with Gasteiger partial charge in [-0.15, -0.1) is 11.3 Å². The molecule has 0 amide bonds. The molecule has 5 rings (SSSR count). The van der Waals surface area contributed by atoms with Gasteiger partial charge in [0.1, 0.15) is 11.6 Å². The summed E-state index contributed by atoms with van der Waals surface area (Å²) in [6.45, 7) is 7.31. The van der Waals surface area contributed by atoms with Crippen LogP contribution >= 0.6 is 11.3 Å². The lowest BCUT2D eigenvalue weighted by atomic mass is 9.98. The molecule has 0 radical (unpaired) electrons. The van der Waals surface area contributed by atoms with E-state index in [9.17, 15) is 22.0 Å². The maximum Gasteiger partial charge on any atom is 0.267 e. The Bertz CT molecular complexity index is 1970. The van der Waals surface area contributed by atoms with Crippen LogP contribution in [0.15, 0.2) is 77.8 Å². The number of ketones is 1. The Labute approximate surface area is 256 Å². The lowest BCUT2D eigenvalue weighted by Crippen LogP contribution is -2.17. The van der Waals surface area contributed by atoms with Crippen LogP contribution in [0, 0.1) is 17.5 Å². The van der Waals surface area contributed by atoms with Gasteiger partial charge in [0.2, 0.25) is 5.95 Å². The minimum Gasteiger partial charge on any atom is -0.324 e. The lowest BCUT2D eigenvalue weighted by Gasteiger charge is -2.14. The Balaban J connectivity index is 1.56. The number of sulfonamides is 1. The minimum atomic E-state index is -4.82. The van der Waals surface area contributed by atoms with Crippen LogP contribution in [0.4, 0.5) is 30.5 Å². The maximum absolute atomic E-state index is 16.0. The van der Waals surface area contributed by atoms with Crippen molar-refractivity contribution in [1.29, 1.82) is 0 Å². The largest absolute Gasteiger partial charge is 0.324 e. The Kier molecular flexibility index (Phi) is 8.28. The molecule has 0 spiro atoms. The van der Waals surface area contributed by atoms with Gasteiger partial charge >= 0.3 is 0 Å². The molecule has 13 heteroatoms. The molecule has 0 aliphatic rings. The first-order chi connectivity index (χ1) is 20.7. The number of rotatable bonds is 8. The van der Waals surface area contributed by atoms with Crippen LogP contribution in [0.5, 0.6) is 0 Å². The zero-order valence-corrected chi connectivity index (χ0v) is 25.6. The standard InChI is InChI=1S/C31H26F3N5O3S2/c1-17(40)18-11-13-19(14-12-18)36-30-35-16-15-24(37-30)27-26(38-29(43-27)31(2,3)4)20-7-5-10-23(25(20)34)39-44(41,42)28-21(32)8-6-9-22(28)33/h5-16,39H,1-4H3,(H,35,36,37). The van der Waals surface area contributed by atoms with Crippen LogP contribution < -0.4 is 10.0 Å². The van der Waals surface area contributed by atoms with Gasteiger partial charge in [0, 0.05) is 28.4 Å².